The third kappa shape index (κ3) is 5.88. The van der Waals surface area contributed by atoms with Gasteiger partial charge in [0.25, 0.3) is 10.2 Å². The Labute approximate surface area is 116 Å². The fourth-order valence-electron chi connectivity index (χ4n) is 2.23. The predicted molar refractivity (Wildman–Crippen MR) is 74.6 cm³/mol. The summed E-state index contributed by atoms with van der Waals surface area (Å²) < 4.78 is 23.5. The first-order chi connectivity index (χ1) is 8.95. The Morgan fingerprint density at radius 3 is 2.16 bits per heavy atom. The standard InChI is InChI=1S/C12H25N3O3S/c1-2-3-4-5-6-7-12(16)14-8-10-15(11-9-14)19(13,17)18/h2-11H2,1H3,(H2,13,17,18). The van der Waals surface area contributed by atoms with E-state index in [1.807, 2.05) is 0 Å². The van der Waals surface area contributed by atoms with Gasteiger partial charge in [0.2, 0.25) is 5.91 Å². The Bertz CT molecular complexity index is 376. The highest BCUT2D eigenvalue weighted by molar-refractivity contribution is 7.86. The molecule has 1 rings (SSSR count). The molecule has 7 heteroatoms. The summed E-state index contributed by atoms with van der Waals surface area (Å²) in [7, 11) is -3.61. The van der Waals surface area contributed by atoms with E-state index in [2.05, 4.69) is 6.92 Å². The largest absolute Gasteiger partial charge is 0.340 e. The monoisotopic (exact) mass is 291 g/mol. The molecule has 112 valence electrons. The first-order valence-electron chi connectivity index (χ1n) is 7.00. The van der Waals surface area contributed by atoms with E-state index >= 15 is 0 Å². The second kappa shape index (κ2) is 7.81. The third-order valence-electron chi connectivity index (χ3n) is 3.45. The van der Waals surface area contributed by atoms with Gasteiger partial charge in [0, 0.05) is 32.6 Å². The summed E-state index contributed by atoms with van der Waals surface area (Å²) in [6.45, 7) is 3.67. The molecule has 0 spiro atoms. The maximum atomic E-state index is 11.9. The quantitative estimate of drug-likeness (QED) is 0.701. The Morgan fingerprint density at radius 2 is 1.63 bits per heavy atom. The molecule has 1 saturated heterocycles. The van der Waals surface area contributed by atoms with E-state index in [4.69, 9.17) is 5.14 Å². The van der Waals surface area contributed by atoms with Crippen molar-refractivity contribution in [1.29, 1.82) is 0 Å². The van der Waals surface area contributed by atoms with Gasteiger partial charge in [-0.05, 0) is 6.42 Å². The van der Waals surface area contributed by atoms with Crippen LogP contribution in [0.25, 0.3) is 0 Å². The predicted octanol–water partition coefficient (Wildman–Crippen LogP) is 0.695. The Balaban J connectivity index is 2.22. The number of carbonyl (C=O) groups is 1. The molecule has 2 N–H and O–H groups in total. The van der Waals surface area contributed by atoms with Crippen LogP contribution in [0.1, 0.15) is 45.4 Å². The van der Waals surface area contributed by atoms with E-state index in [-0.39, 0.29) is 5.91 Å². The topological polar surface area (TPSA) is 83.7 Å². The second-order valence-corrected chi connectivity index (χ2v) is 6.54. The van der Waals surface area contributed by atoms with Crippen molar-refractivity contribution < 1.29 is 13.2 Å². The zero-order chi connectivity index (χ0) is 14.3. The SMILES string of the molecule is CCCCCCCC(=O)N1CCN(S(N)(=O)=O)CC1. The molecule has 0 aromatic heterocycles. The molecule has 19 heavy (non-hydrogen) atoms. The summed E-state index contributed by atoms with van der Waals surface area (Å²) in [5.74, 6) is 0.130. The highest BCUT2D eigenvalue weighted by Crippen LogP contribution is 2.10. The van der Waals surface area contributed by atoms with E-state index in [0.717, 1.165) is 12.8 Å². The van der Waals surface area contributed by atoms with Crippen LogP contribution in [0.4, 0.5) is 0 Å². The van der Waals surface area contributed by atoms with Crippen LogP contribution in [0.5, 0.6) is 0 Å². The highest BCUT2D eigenvalue weighted by atomic mass is 32.2. The van der Waals surface area contributed by atoms with Crippen molar-refractivity contribution in [2.45, 2.75) is 45.4 Å². The molecule has 1 amide bonds. The number of hydrogen-bond acceptors (Lipinski definition) is 3. The van der Waals surface area contributed by atoms with Gasteiger partial charge < -0.3 is 4.90 Å². The first-order valence-corrected chi connectivity index (χ1v) is 8.51. The van der Waals surface area contributed by atoms with E-state index in [1.165, 1.54) is 23.6 Å². The number of amides is 1. The summed E-state index contributed by atoms with van der Waals surface area (Å²) in [6.07, 6.45) is 6.19. The normalized spacial score (nSPS) is 17.7. The summed E-state index contributed by atoms with van der Waals surface area (Å²) in [5, 5.41) is 5.05. The molecule has 0 saturated carbocycles. The number of carbonyl (C=O) groups excluding carboxylic acids is 1. The zero-order valence-corrected chi connectivity index (χ0v) is 12.5. The van der Waals surface area contributed by atoms with Crippen molar-refractivity contribution in [2.24, 2.45) is 5.14 Å². The zero-order valence-electron chi connectivity index (χ0n) is 11.7. The van der Waals surface area contributed by atoms with Crippen LogP contribution < -0.4 is 5.14 Å². The van der Waals surface area contributed by atoms with Gasteiger partial charge in [0.1, 0.15) is 0 Å². The van der Waals surface area contributed by atoms with E-state index < -0.39 is 10.2 Å². The minimum Gasteiger partial charge on any atom is -0.340 e. The Hall–Kier alpha value is -0.660. The van der Waals surface area contributed by atoms with Gasteiger partial charge in [-0.15, -0.1) is 0 Å². The second-order valence-electron chi connectivity index (χ2n) is 4.99. The Kier molecular flexibility index (Phi) is 6.74. The number of unbranched alkanes of at least 4 members (excludes halogenated alkanes) is 4. The Morgan fingerprint density at radius 1 is 1.05 bits per heavy atom. The molecule has 0 aromatic carbocycles. The molecule has 0 unspecified atom stereocenters. The molecule has 1 aliphatic heterocycles. The number of nitrogens with zero attached hydrogens (tertiary/aromatic N) is 2. The van der Waals surface area contributed by atoms with Gasteiger partial charge in [-0.3, -0.25) is 4.79 Å². The minimum atomic E-state index is -3.61. The molecule has 0 radical (unpaired) electrons. The summed E-state index contributed by atoms with van der Waals surface area (Å²) >= 11 is 0. The van der Waals surface area contributed by atoms with E-state index in [0.29, 0.717) is 32.6 Å². The van der Waals surface area contributed by atoms with Gasteiger partial charge in [0.15, 0.2) is 0 Å². The van der Waals surface area contributed by atoms with Crippen LogP contribution in [0.15, 0.2) is 0 Å². The molecule has 0 aliphatic carbocycles. The smallest absolute Gasteiger partial charge is 0.277 e. The maximum Gasteiger partial charge on any atom is 0.277 e. The van der Waals surface area contributed by atoms with Crippen LogP contribution in [0.3, 0.4) is 0 Å². The molecule has 0 bridgehead atoms. The molecule has 1 heterocycles. The van der Waals surface area contributed by atoms with Crippen molar-refractivity contribution >= 4 is 16.1 Å². The van der Waals surface area contributed by atoms with Crippen LogP contribution >= 0.6 is 0 Å². The lowest BCUT2D eigenvalue weighted by Crippen LogP contribution is -2.52. The van der Waals surface area contributed by atoms with Crippen LogP contribution in [-0.2, 0) is 15.0 Å². The van der Waals surface area contributed by atoms with Crippen molar-refractivity contribution in [3.63, 3.8) is 0 Å². The van der Waals surface area contributed by atoms with Crippen LogP contribution in [0.2, 0.25) is 0 Å². The van der Waals surface area contributed by atoms with Gasteiger partial charge in [-0.1, -0.05) is 32.6 Å². The van der Waals surface area contributed by atoms with Crippen molar-refractivity contribution in [1.82, 2.24) is 9.21 Å². The fourth-order valence-corrected chi connectivity index (χ4v) is 2.90. The van der Waals surface area contributed by atoms with Crippen LogP contribution in [0, 0.1) is 0 Å². The molecule has 0 aromatic rings. The summed E-state index contributed by atoms with van der Waals surface area (Å²) in [5.41, 5.74) is 0. The molecular weight excluding hydrogens is 266 g/mol. The lowest BCUT2D eigenvalue weighted by molar-refractivity contribution is -0.132. The third-order valence-corrected chi connectivity index (χ3v) is 4.53. The molecular formula is C12H25N3O3S. The maximum absolute atomic E-state index is 11.9. The molecule has 1 aliphatic rings. The molecule has 1 fully saturated rings. The summed E-state index contributed by atoms with van der Waals surface area (Å²) in [4.78, 5) is 13.7. The first kappa shape index (κ1) is 16.4. The van der Waals surface area contributed by atoms with E-state index in [1.54, 1.807) is 4.90 Å². The van der Waals surface area contributed by atoms with Crippen molar-refractivity contribution in [3.8, 4) is 0 Å². The number of piperazine rings is 1. The van der Waals surface area contributed by atoms with Gasteiger partial charge in [0.05, 0.1) is 0 Å². The lowest BCUT2D eigenvalue weighted by Gasteiger charge is -2.33. The number of nitrogens with two attached hydrogens (primary N) is 1. The highest BCUT2D eigenvalue weighted by Gasteiger charge is 2.25. The van der Waals surface area contributed by atoms with Gasteiger partial charge >= 0.3 is 0 Å². The number of hydrogen-bond donors (Lipinski definition) is 1. The number of rotatable bonds is 7. The molecule has 6 nitrogen and oxygen atoms in total. The lowest BCUT2D eigenvalue weighted by atomic mass is 10.1. The van der Waals surface area contributed by atoms with Crippen molar-refractivity contribution in [3.05, 3.63) is 0 Å². The fraction of sp³-hybridized carbons (Fsp3) is 0.917. The van der Waals surface area contributed by atoms with Gasteiger partial charge in [-0.2, -0.15) is 12.7 Å². The minimum absolute atomic E-state index is 0.130. The van der Waals surface area contributed by atoms with E-state index in [9.17, 15) is 13.2 Å². The average molecular weight is 291 g/mol. The van der Waals surface area contributed by atoms with Gasteiger partial charge in [-0.25, -0.2) is 5.14 Å². The van der Waals surface area contributed by atoms with Crippen LogP contribution in [-0.4, -0.2) is 49.7 Å². The van der Waals surface area contributed by atoms with Crippen molar-refractivity contribution in [2.75, 3.05) is 26.2 Å². The average Bonchev–Trinajstić information content (AvgIpc) is 2.37. The molecule has 0 atom stereocenters. The summed E-state index contributed by atoms with van der Waals surface area (Å²) in [6, 6.07) is 0.